The number of carbonyl (C=O) groups is 1. The summed E-state index contributed by atoms with van der Waals surface area (Å²) >= 11 is 7.04. The fraction of sp³-hybridized carbons (Fsp3) is 0.0526. The summed E-state index contributed by atoms with van der Waals surface area (Å²) in [5, 5.41) is 11.6. The molecular weight excluding hydrogens is 417 g/mol. The van der Waals surface area contributed by atoms with E-state index >= 15 is 0 Å². The van der Waals surface area contributed by atoms with E-state index < -0.39 is 11.4 Å². The first-order chi connectivity index (χ1) is 14.0. The molecule has 4 rings (SSSR count). The van der Waals surface area contributed by atoms with Gasteiger partial charge in [-0.1, -0.05) is 35.5 Å². The lowest BCUT2D eigenvalue weighted by Gasteiger charge is -2.07. The zero-order chi connectivity index (χ0) is 20.4. The molecule has 0 unspecified atom stereocenters. The number of hydrogen-bond acceptors (Lipinski definition) is 5. The van der Waals surface area contributed by atoms with Crippen molar-refractivity contribution in [3.05, 3.63) is 82.1 Å². The highest BCUT2D eigenvalue weighted by Gasteiger charge is 2.14. The molecule has 146 valence electrons. The van der Waals surface area contributed by atoms with Gasteiger partial charge in [-0.3, -0.25) is 18.6 Å². The number of thioether (sulfide) groups is 1. The Morgan fingerprint density at radius 1 is 1.14 bits per heavy atom. The van der Waals surface area contributed by atoms with Gasteiger partial charge in [-0.25, -0.2) is 4.39 Å². The van der Waals surface area contributed by atoms with Crippen molar-refractivity contribution in [1.29, 1.82) is 0 Å². The fourth-order valence-electron chi connectivity index (χ4n) is 2.69. The van der Waals surface area contributed by atoms with Gasteiger partial charge in [-0.2, -0.15) is 0 Å². The number of anilines is 1. The summed E-state index contributed by atoms with van der Waals surface area (Å²) in [6.07, 6.45) is 3.10. The van der Waals surface area contributed by atoms with Gasteiger partial charge in [-0.05, 0) is 36.4 Å². The molecule has 0 fully saturated rings. The molecule has 0 radical (unpaired) electrons. The Hall–Kier alpha value is -3.17. The number of aromatic nitrogens is 4. The minimum Gasteiger partial charge on any atom is -0.325 e. The van der Waals surface area contributed by atoms with Crippen LogP contribution in [-0.2, 0) is 4.79 Å². The molecule has 2 heterocycles. The fourth-order valence-corrected chi connectivity index (χ4v) is 3.59. The molecule has 0 atom stereocenters. The summed E-state index contributed by atoms with van der Waals surface area (Å²) in [5.74, 6) is -0.625. The maximum atomic E-state index is 13.5. The Bertz CT molecular complexity index is 1270. The summed E-state index contributed by atoms with van der Waals surface area (Å²) in [6.45, 7) is 0. The van der Waals surface area contributed by atoms with Gasteiger partial charge in [0.1, 0.15) is 5.82 Å². The minimum absolute atomic E-state index is 0.0697. The van der Waals surface area contributed by atoms with Crippen LogP contribution in [0.15, 0.2) is 70.9 Å². The smallest absolute Gasteiger partial charge is 0.300 e. The van der Waals surface area contributed by atoms with Gasteiger partial charge in [0, 0.05) is 23.1 Å². The number of rotatable bonds is 5. The van der Waals surface area contributed by atoms with E-state index in [-0.39, 0.29) is 17.3 Å². The van der Waals surface area contributed by atoms with Crippen molar-refractivity contribution >= 4 is 40.6 Å². The summed E-state index contributed by atoms with van der Waals surface area (Å²) in [4.78, 5) is 24.8. The van der Waals surface area contributed by atoms with Crippen LogP contribution in [0.25, 0.3) is 11.3 Å². The second kappa shape index (κ2) is 8.06. The first kappa shape index (κ1) is 19.2. The van der Waals surface area contributed by atoms with Crippen molar-refractivity contribution in [3.8, 4) is 5.69 Å². The van der Waals surface area contributed by atoms with Crippen LogP contribution < -0.4 is 10.9 Å². The molecule has 10 heteroatoms. The second-order valence-corrected chi connectivity index (χ2v) is 7.36. The molecule has 0 spiro atoms. The van der Waals surface area contributed by atoms with E-state index in [1.165, 1.54) is 33.4 Å². The zero-order valence-corrected chi connectivity index (χ0v) is 16.3. The molecule has 2 aromatic carbocycles. The molecule has 1 N–H and O–H groups in total. The number of nitrogens with zero attached hydrogens (tertiary/aromatic N) is 4. The molecule has 7 nitrogen and oxygen atoms in total. The molecule has 4 aromatic rings. The second-order valence-electron chi connectivity index (χ2n) is 5.98. The van der Waals surface area contributed by atoms with E-state index in [0.29, 0.717) is 21.6 Å². The summed E-state index contributed by atoms with van der Waals surface area (Å²) in [5.41, 5.74) is 0.609. The lowest BCUT2D eigenvalue weighted by Crippen LogP contribution is -2.20. The zero-order valence-electron chi connectivity index (χ0n) is 14.8. The van der Waals surface area contributed by atoms with Crippen LogP contribution in [-0.4, -0.2) is 30.8 Å². The third kappa shape index (κ3) is 4.15. The number of fused-ring (bicyclic) bond motifs is 1. The summed E-state index contributed by atoms with van der Waals surface area (Å²) in [6, 6.07) is 12.5. The number of amides is 1. The normalized spacial score (nSPS) is 11.0. The number of benzene rings is 2. The third-order valence-corrected chi connectivity index (χ3v) is 5.14. The van der Waals surface area contributed by atoms with E-state index in [4.69, 9.17) is 11.6 Å². The molecule has 0 aliphatic rings. The van der Waals surface area contributed by atoms with E-state index in [1.54, 1.807) is 36.5 Å². The first-order valence-corrected chi connectivity index (χ1v) is 9.78. The largest absolute Gasteiger partial charge is 0.325 e. The van der Waals surface area contributed by atoms with Crippen LogP contribution in [0.4, 0.5) is 10.1 Å². The molecule has 2 aromatic heterocycles. The van der Waals surface area contributed by atoms with Crippen LogP contribution in [0.5, 0.6) is 0 Å². The number of nitrogens with one attached hydrogen (secondary N) is 1. The Kier molecular flexibility index (Phi) is 5.32. The van der Waals surface area contributed by atoms with Gasteiger partial charge in [0.05, 0.1) is 11.4 Å². The number of carbonyl (C=O) groups excluding carboxylic acids is 1. The highest BCUT2D eigenvalue weighted by molar-refractivity contribution is 7.99. The lowest BCUT2D eigenvalue weighted by molar-refractivity contribution is -0.113. The van der Waals surface area contributed by atoms with Crippen molar-refractivity contribution < 1.29 is 9.18 Å². The topological polar surface area (TPSA) is 81.3 Å². The molecular formula is C19H13ClFN5O2S. The van der Waals surface area contributed by atoms with Crippen LogP contribution in [0.2, 0.25) is 5.02 Å². The maximum Gasteiger partial charge on any atom is 0.300 e. The van der Waals surface area contributed by atoms with Gasteiger partial charge in [0.15, 0.2) is 5.16 Å². The standard InChI is InChI=1S/C19H13ClFN5O2S/c20-12-3-1-5-14(9-12)22-16(27)11-29-19-24-23-17-18(28)25(7-8-26(17)19)15-6-2-4-13(21)10-15/h1-10H,11H2,(H,22,27). The van der Waals surface area contributed by atoms with E-state index in [9.17, 15) is 14.0 Å². The van der Waals surface area contributed by atoms with Crippen molar-refractivity contribution in [2.75, 3.05) is 11.1 Å². The van der Waals surface area contributed by atoms with Crippen molar-refractivity contribution in [2.24, 2.45) is 0 Å². The van der Waals surface area contributed by atoms with Crippen LogP contribution in [0.1, 0.15) is 0 Å². The molecule has 0 saturated carbocycles. The number of halogens is 2. The summed E-state index contributed by atoms with van der Waals surface area (Å²) in [7, 11) is 0. The van der Waals surface area contributed by atoms with Crippen LogP contribution >= 0.6 is 23.4 Å². The third-order valence-electron chi connectivity index (χ3n) is 3.97. The van der Waals surface area contributed by atoms with Crippen LogP contribution in [0.3, 0.4) is 0 Å². The van der Waals surface area contributed by atoms with Crippen molar-refractivity contribution in [2.45, 2.75) is 5.16 Å². The number of hydrogen-bond donors (Lipinski definition) is 1. The van der Waals surface area contributed by atoms with Gasteiger partial charge < -0.3 is 5.32 Å². The predicted octanol–water partition coefficient (Wildman–Crippen LogP) is 3.40. The Labute approximate surface area is 173 Å². The molecule has 29 heavy (non-hydrogen) atoms. The quantitative estimate of drug-likeness (QED) is 0.492. The Balaban J connectivity index is 1.53. The highest BCUT2D eigenvalue weighted by Crippen LogP contribution is 2.18. The van der Waals surface area contributed by atoms with Crippen molar-refractivity contribution in [3.63, 3.8) is 0 Å². The van der Waals surface area contributed by atoms with Crippen LogP contribution in [0, 0.1) is 5.82 Å². The SMILES string of the molecule is O=C(CSc1nnc2c(=O)n(-c3cccc(F)c3)ccn12)Nc1cccc(Cl)c1. The highest BCUT2D eigenvalue weighted by atomic mass is 35.5. The molecule has 0 aliphatic carbocycles. The van der Waals surface area contributed by atoms with Gasteiger partial charge in [-0.15, -0.1) is 10.2 Å². The Morgan fingerprint density at radius 2 is 1.97 bits per heavy atom. The minimum atomic E-state index is -0.447. The maximum absolute atomic E-state index is 13.5. The van der Waals surface area contributed by atoms with E-state index in [1.807, 2.05) is 0 Å². The van der Waals surface area contributed by atoms with Crippen molar-refractivity contribution in [1.82, 2.24) is 19.2 Å². The van der Waals surface area contributed by atoms with E-state index in [0.717, 1.165) is 11.8 Å². The molecule has 0 bridgehead atoms. The average molecular weight is 430 g/mol. The van der Waals surface area contributed by atoms with Gasteiger partial charge in [0.25, 0.3) is 0 Å². The summed E-state index contributed by atoms with van der Waals surface area (Å²) < 4.78 is 16.2. The molecule has 1 amide bonds. The average Bonchev–Trinajstić information content (AvgIpc) is 3.11. The molecule has 0 aliphatic heterocycles. The van der Waals surface area contributed by atoms with Gasteiger partial charge in [0.2, 0.25) is 11.6 Å². The first-order valence-electron chi connectivity index (χ1n) is 8.42. The Morgan fingerprint density at radius 3 is 2.76 bits per heavy atom. The molecule has 0 saturated heterocycles. The monoisotopic (exact) mass is 429 g/mol. The lowest BCUT2D eigenvalue weighted by atomic mass is 10.3. The predicted molar refractivity (Wildman–Crippen MR) is 109 cm³/mol. The van der Waals surface area contributed by atoms with Gasteiger partial charge >= 0.3 is 5.56 Å². The van der Waals surface area contributed by atoms with E-state index in [2.05, 4.69) is 15.5 Å².